The third-order valence-electron chi connectivity index (χ3n) is 3.99. The first kappa shape index (κ1) is 19.2. The molecule has 6 heteroatoms. The highest BCUT2D eigenvalue weighted by atomic mass is 19.2. The molecule has 1 unspecified atom stereocenters. The van der Waals surface area contributed by atoms with Crippen LogP contribution in [0, 0.1) is 11.6 Å². The molecular formula is C19H24F2O4. The Morgan fingerprint density at radius 3 is 2.60 bits per heavy atom. The lowest BCUT2D eigenvalue weighted by molar-refractivity contribution is -0.135. The van der Waals surface area contributed by atoms with Gasteiger partial charge in [0.15, 0.2) is 11.5 Å². The molecule has 1 aliphatic heterocycles. The summed E-state index contributed by atoms with van der Waals surface area (Å²) in [5.74, 6) is -3.63. The minimum Gasteiger partial charge on any atom is -0.498 e. The van der Waals surface area contributed by atoms with Crippen molar-refractivity contribution >= 4 is 5.97 Å². The molecule has 0 saturated carbocycles. The first-order valence-electron chi connectivity index (χ1n) is 8.70. The zero-order chi connectivity index (χ0) is 18.2. The van der Waals surface area contributed by atoms with Gasteiger partial charge in [-0.05, 0) is 50.3 Å². The summed E-state index contributed by atoms with van der Waals surface area (Å²) in [7, 11) is 0. The van der Waals surface area contributed by atoms with E-state index in [1.54, 1.807) is 13.2 Å². The predicted octanol–water partition coefficient (Wildman–Crippen LogP) is 4.91. The first-order valence-corrected chi connectivity index (χ1v) is 8.70. The van der Waals surface area contributed by atoms with E-state index < -0.39 is 23.4 Å². The van der Waals surface area contributed by atoms with Crippen molar-refractivity contribution in [3.8, 4) is 11.5 Å². The number of benzene rings is 1. The van der Waals surface area contributed by atoms with Crippen LogP contribution in [0.1, 0.15) is 52.4 Å². The minimum atomic E-state index is -1.22. The van der Waals surface area contributed by atoms with Crippen molar-refractivity contribution in [2.24, 2.45) is 0 Å². The zero-order valence-corrected chi connectivity index (χ0v) is 14.6. The molecule has 0 radical (unpaired) electrons. The predicted molar refractivity (Wildman–Crippen MR) is 89.5 cm³/mol. The van der Waals surface area contributed by atoms with Gasteiger partial charge in [-0.15, -0.1) is 0 Å². The van der Waals surface area contributed by atoms with E-state index in [2.05, 4.69) is 6.92 Å². The summed E-state index contributed by atoms with van der Waals surface area (Å²) in [6, 6.07) is 2.44. The molecular weight excluding hydrogens is 330 g/mol. The smallest absolute Gasteiger partial charge is 0.311 e. The van der Waals surface area contributed by atoms with Crippen molar-refractivity contribution in [3.63, 3.8) is 0 Å². The van der Waals surface area contributed by atoms with Crippen molar-refractivity contribution < 1.29 is 27.8 Å². The molecule has 0 spiro atoms. The molecule has 1 aromatic rings. The van der Waals surface area contributed by atoms with Gasteiger partial charge < -0.3 is 14.2 Å². The highest BCUT2D eigenvalue weighted by molar-refractivity contribution is 5.72. The summed E-state index contributed by atoms with van der Waals surface area (Å²) in [6.07, 6.45) is 6.22. The summed E-state index contributed by atoms with van der Waals surface area (Å²) in [5, 5.41) is 0. The summed E-state index contributed by atoms with van der Waals surface area (Å²) >= 11 is 0. The third-order valence-corrected chi connectivity index (χ3v) is 3.99. The monoisotopic (exact) mass is 354 g/mol. The van der Waals surface area contributed by atoms with Gasteiger partial charge >= 0.3 is 5.97 Å². The Hall–Kier alpha value is -2.11. The molecule has 0 amide bonds. The van der Waals surface area contributed by atoms with Crippen LogP contribution in [0.2, 0.25) is 0 Å². The van der Waals surface area contributed by atoms with Gasteiger partial charge in [0.25, 0.3) is 0 Å². The lowest BCUT2D eigenvalue weighted by atomic mass is 9.99. The Morgan fingerprint density at radius 2 is 1.96 bits per heavy atom. The number of esters is 1. The number of rotatable bonds is 8. The van der Waals surface area contributed by atoms with Crippen molar-refractivity contribution in [2.45, 2.75) is 58.5 Å². The summed E-state index contributed by atoms with van der Waals surface area (Å²) in [4.78, 5) is 11.9. The van der Waals surface area contributed by atoms with Gasteiger partial charge in [0.1, 0.15) is 0 Å². The zero-order valence-electron chi connectivity index (χ0n) is 14.6. The molecule has 0 aromatic heterocycles. The van der Waals surface area contributed by atoms with Crippen LogP contribution in [0.5, 0.6) is 11.5 Å². The second kappa shape index (κ2) is 9.39. The van der Waals surface area contributed by atoms with E-state index in [9.17, 15) is 13.6 Å². The van der Waals surface area contributed by atoms with E-state index >= 15 is 0 Å². The first-order chi connectivity index (χ1) is 12.0. The van der Waals surface area contributed by atoms with Gasteiger partial charge in [-0.2, -0.15) is 8.78 Å². The van der Waals surface area contributed by atoms with Gasteiger partial charge in [-0.25, -0.2) is 0 Å². The van der Waals surface area contributed by atoms with E-state index in [1.165, 1.54) is 17.7 Å². The average Bonchev–Trinajstić information content (AvgIpc) is 2.61. The maximum absolute atomic E-state index is 13.9. The topological polar surface area (TPSA) is 44.8 Å². The van der Waals surface area contributed by atoms with E-state index in [0.29, 0.717) is 6.42 Å². The Morgan fingerprint density at radius 1 is 1.24 bits per heavy atom. The van der Waals surface area contributed by atoms with Crippen LogP contribution in [0.25, 0.3) is 0 Å². The molecule has 4 nitrogen and oxygen atoms in total. The van der Waals surface area contributed by atoms with E-state index in [0.717, 1.165) is 25.7 Å². The van der Waals surface area contributed by atoms with Crippen LogP contribution in [-0.2, 0) is 9.53 Å². The molecule has 0 fully saturated rings. The van der Waals surface area contributed by atoms with Crippen molar-refractivity contribution in [1.29, 1.82) is 0 Å². The Balaban J connectivity index is 1.84. The number of allylic oxidation sites excluding steroid dienone is 1. The van der Waals surface area contributed by atoms with Gasteiger partial charge in [-0.1, -0.05) is 13.3 Å². The number of halogens is 2. The van der Waals surface area contributed by atoms with Crippen LogP contribution in [0.3, 0.4) is 0 Å². The lowest BCUT2D eigenvalue weighted by Crippen LogP contribution is -2.18. The molecule has 1 aliphatic rings. The SMILES string of the molecule is CCCC1=COC(CCC(=O)Oc2ccc(OCC)c(F)c2F)CC1. The second-order valence-electron chi connectivity index (χ2n) is 5.96. The Bertz CT molecular complexity index is 628. The van der Waals surface area contributed by atoms with Crippen LogP contribution in [-0.4, -0.2) is 18.7 Å². The second-order valence-corrected chi connectivity index (χ2v) is 5.96. The average molecular weight is 354 g/mol. The van der Waals surface area contributed by atoms with Crippen molar-refractivity contribution in [1.82, 2.24) is 0 Å². The van der Waals surface area contributed by atoms with Crippen molar-refractivity contribution in [3.05, 3.63) is 35.6 Å². The molecule has 1 aromatic carbocycles. The number of carbonyl (C=O) groups is 1. The maximum Gasteiger partial charge on any atom is 0.311 e. The van der Waals surface area contributed by atoms with Gasteiger partial charge in [-0.3, -0.25) is 4.79 Å². The minimum absolute atomic E-state index is 0.0462. The standard InChI is InChI=1S/C19H24F2O4/c1-3-5-13-6-7-14(24-12-13)8-11-17(22)25-16-10-9-15(23-4-2)18(20)19(16)21/h9-10,12,14H,3-8,11H2,1-2H3. The Labute approximate surface area is 146 Å². The summed E-state index contributed by atoms with van der Waals surface area (Å²) in [5.41, 5.74) is 1.29. The molecule has 0 N–H and O–H groups in total. The molecule has 0 saturated heterocycles. The molecule has 25 heavy (non-hydrogen) atoms. The van der Waals surface area contributed by atoms with Crippen LogP contribution in [0.4, 0.5) is 8.78 Å². The van der Waals surface area contributed by atoms with Gasteiger partial charge in [0.05, 0.1) is 19.0 Å². The Kier molecular flexibility index (Phi) is 7.22. The van der Waals surface area contributed by atoms with E-state index in [4.69, 9.17) is 14.2 Å². The highest BCUT2D eigenvalue weighted by Crippen LogP contribution is 2.28. The molecule has 1 atom stereocenters. The molecule has 2 rings (SSSR count). The van der Waals surface area contributed by atoms with E-state index in [-0.39, 0.29) is 24.9 Å². The number of ether oxygens (including phenoxy) is 3. The fourth-order valence-electron chi connectivity index (χ4n) is 2.70. The van der Waals surface area contributed by atoms with Crippen LogP contribution in [0.15, 0.2) is 24.0 Å². The number of carbonyl (C=O) groups excluding carboxylic acids is 1. The highest BCUT2D eigenvalue weighted by Gasteiger charge is 2.20. The van der Waals surface area contributed by atoms with Crippen molar-refractivity contribution in [2.75, 3.05) is 6.61 Å². The fourth-order valence-corrected chi connectivity index (χ4v) is 2.70. The van der Waals surface area contributed by atoms with E-state index in [1.807, 2.05) is 0 Å². The van der Waals surface area contributed by atoms with Crippen LogP contribution < -0.4 is 9.47 Å². The van der Waals surface area contributed by atoms with Gasteiger partial charge in [0.2, 0.25) is 11.6 Å². The number of hydrogen-bond acceptors (Lipinski definition) is 4. The molecule has 0 bridgehead atoms. The quantitative estimate of drug-likeness (QED) is 0.491. The molecule has 0 aliphatic carbocycles. The molecule has 1 heterocycles. The van der Waals surface area contributed by atoms with Crippen LogP contribution >= 0.6 is 0 Å². The maximum atomic E-state index is 13.9. The largest absolute Gasteiger partial charge is 0.498 e. The lowest BCUT2D eigenvalue weighted by Gasteiger charge is -2.22. The third kappa shape index (κ3) is 5.44. The van der Waals surface area contributed by atoms with Gasteiger partial charge in [0, 0.05) is 6.42 Å². The summed E-state index contributed by atoms with van der Waals surface area (Å²) in [6.45, 7) is 4.00. The molecule has 138 valence electrons. The number of hydrogen-bond donors (Lipinski definition) is 0. The normalized spacial score (nSPS) is 16.8. The fraction of sp³-hybridized carbons (Fsp3) is 0.526. The summed E-state index contributed by atoms with van der Waals surface area (Å²) < 4.78 is 43.1.